The number of carbonyl (C=O) groups excluding carboxylic acids is 3. The summed E-state index contributed by atoms with van der Waals surface area (Å²) in [4.78, 5) is 51.4. The first-order valence-corrected chi connectivity index (χ1v) is 16.7. The first-order chi connectivity index (χ1) is 21.5. The summed E-state index contributed by atoms with van der Waals surface area (Å²) in [5, 5.41) is 9.15. The Labute approximate surface area is 258 Å². The van der Waals surface area contributed by atoms with Crippen LogP contribution < -0.4 is 16.0 Å². The van der Waals surface area contributed by atoms with Gasteiger partial charge in [-0.2, -0.15) is 0 Å². The van der Waals surface area contributed by atoms with Crippen LogP contribution in [0.25, 0.3) is 0 Å². The number of hydrogen-bond acceptors (Lipinski definition) is 10. The number of alkyl halides is 1. The molecule has 0 aromatic carbocycles. The second kappa shape index (κ2) is 13.1. The number of fused-ring (bicyclic) bond motifs is 3. The number of amides is 2. The molecule has 3 N–H and O–H groups in total. The minimum Gasteiger partial charge on any atom is -0.379 e. The molecule has 2 aliphatic carbocycles. The van der Waals surface area contributed by atoms with E-state index in [0.717, 1.165) is 58.9 Å². The first-order valence-electron chi connectivity index (χ1n) is 16.7. The van der Waals surface area contributed by atoms with Crippen LogP contribution >= 0.6 is 0 Å². The van der Waals surface area contributed by atoms with Gasteiger partial charge in [0.25, 0.3) is 5.91 Å². The Balaban J connectivity index is 1.10. The van der Waals surface area contributed by atoms with Crippen molar-refractivity contribution in [3.05, 3.63) is 11.8 Å². The molecule has 3 saturated heterocycles. The predicted molar refractivity (Wildman–Crippen MR) is 160 cm³/mol. The Bertz CT molecular complexity index is 1160. The maximum atomic E-state index is 16.1. The van der Waals surface area contributed by atoms with E-state index in [1.807, 2.05) is 0 Å². The highest BCUT2D eigenvalue weighted by Crippen LogP contribution is 2.47. The van der Waals surface area contributed by atoms with Gasteiger partial charge in [0.05, 0.1) is 67.4 Å². The van der Waals surface area contributed by atoms with Crippen LogP contribution in [0.4, 0.5) is 4.39 Å². The van der Waals surface area contributed by atoms with E-state index in [4.69, 9.17) is 9.47 Å². The molecule has 44 heavy (non-hydrogen) atoms. The van der Waals surface area contributed by atoms with Gasteiger partial charge in [0.2, 0.25) is 5.91 Å². The number of carbonyl (C=O) groups is 3. The van der Waals surface area contributed by atoms with Crippen molar-refractivity contribution in [2.75, 3.05) is 65.6 Å². The number of ketones is 1. The fourth-order valence-electron chi connectivity index (χ4n) is 8.58. The van der Waals surface area contributed by atoms with E-state index in [0.29, 0.717) is 25.9 Å². The molecule has 7 aliphatic rings. The molecule has 12 nitrogen and oxygen atoms in total. The number of ether oxygens (including phenoxy) is 2. The van der Waals surface area contributed by atoms with Gasteiger partial charge in [-0.15, -0.1) is 0 Å². The average molecular weight is 616 g/mol. The summed E-state index contributed by atoms with van der Waals surface area (Å²) in [6, 6.07) is -1.33. The van der Waals surface area contributed by atoms with Crippen molar-refractivity contribution >= 4 is 23.9 Å². The van der Waals surface area contributed by atoms with E-state index < -0.39 is 30.1 Å². The van der Waals surface area contributed by atoms with Gasteiger partial charge in [0, 0.05) is 38.3 Å². The molecule has 2 saturated carbocycles. The Morgan fingerprint density at radius 2 is 1.82 bits per heavy atom. The van der Waals surface area contributed by atoms with E-state index >= 15 is 4.39 Å². The van der Waals surface area contributed by atoms with E-state index in [1.54, 1.807) is 6.20 Å². The van der Waals surface area contributed by atoms with Crippen molar-refractivity contribution in [3.63, 3.8) is 0 Å². The van der Waals surface area contributed by atoms with Gasteiger partial charge in [-0.05, 0) is 64.7 Å². The molecule has 0 aromatic rings. The van der Waals surface area contributed by atoms with Gasteiger partial charge in [0.1, 0.15) is 6.17 Å². The fourth-order valence-corrected chi connectivity index (χ4v) is 8.58. The van der Waals surface area contributed by atoms with Crippen molar-refractivity contribution in [2.45, 2.75) is 81.1 Å². The smallest absolute Gasteiger partial charge is 0.256 e. The summed E-state index contributed by atoms with van der Waals surface area (Å²) in [6.07, 6.45) is 5.25. The number of likely N-dealkylation sites (tertiary alicyclic amines) is 1. The Morgan fingerprint density at radius 3 is 2.64 bits per heavy atom. The van der Waals surface area contributed by atoms with Crippen molar-refractivity contribution in [2.24, 2.45) is 16.8 Å². The molecular weight excluding hydrogens is 569 g/mol. The van der Waals surface area contributed by atoms with Gasteiger partial charge >= 0.3 is 0 Å². The molecule has 0 spiro atoms. The molecular formula is C31H46FN7O5. The van der Waals surface area contributed by atoms with Crippen LogP contribution in [0, 0.1) is 11.8 Å². The molecule has 5 heterocycles. The van der Waals surface area contributed by atoms with Crippen molar-refractivity contribution in [1.82, 2.24) is 30.7 Å². The lowest BCUT2D eigenvalue weighted by Gasteiger charge is -2.60. The number of morpholine rings is 2. The zero-order valence-electron chi connectivity index (χ0n) is 25.4. The van der Waals surface area contributed by atoms with E-state index in [2.05, 4.69) is 35.6 Å². The topological polar surface area (TPSA) is 128 Å². The average Bonchev–Trinajstić information content (AvgIpc) is 3.55. The zero-order chi connectivity index (χ0) is 30.2. The van der Waals surface area contributed by atoms with Crippen LogP contribution in [0.3, 0.4) is 0 Å². The number of rotatable bonds is 9. The summed E-state index contributed by atoms with van der Waals surface area (Å²) in [6.45, 7) is 8.11. The third kappa shape index (κ3) is 5.93. The summed E-state index contributed by atoms with van der Waals surface area (Å²) >= 11 is 0. The minimum atomic E-state index is -1.30. The van der Waals surface area contributed by atoms with Crippen LogP contribution in [-0.4, -0.2) is 147 Å². The lowest BCUT2D eigenvalue weighted by molar-refractivity contribution is -0.203. The molecule has 5 fully saturated rings. The molecule has 9 atom stereocenters. The molecule has 0 radical (unpaired) electrons. The summed E-state index contributed by atoms with van der Waals surface area (Å²) < 4.78 is 28.3. The lowest BCUT2D eigenvalue weighted by atomic mass is 9.68. The Morgan fingerprint density at radius 1 is 1.02 bits per heavy atom. The van der Waals surface area contributed by atoms with Crippen molar-refractivity contribution in [3.8, 4) is 0 Å². The van der Waals surface area contributed by atoms with Crippen LogP contribution in [0.5, 0.6) is 0 Å². The second-order valence-corrected chi connectivity index (χ2v) is 13.4. The molecule has 0 aromatic heterocycles. The van der Waals surface area contributed by atoms with Crippen LogP contribution in [0.15, 0.2) is 16.8 Å². The zero-order valence-corrected chi connectivity index (χ0v) is 25.4. The van der Waals surface area contributed by atoms with Gasteiger partial charge in [0.15, 0.2) is 5.78 Å². The van der Waals surface area contributed by atoms with E-state index in [-0.39, 0.29) is 53.8 Å². The highest BCUT2D eigenvalue weighted by molar-refractivity contribution is 6.20. The largest absolute Gasteiger partial charge is 0.379 e. The van der Waals surface area contributed by atoms with E-state index in [1.165, 1.54) is 19.2 Å². The molecule has 9 unspecified atom stereocenters. The minimum absolute atomic E-state index is 0.0450. The second-order valence-electron chi connectivity index (χ2n) is 13.4. The first kappa shape index (κ1) is 30.2. The van der Waals surface area contributed by atoms with Crippen molar-refractivity contribution in [1.29, 1.82) is 0 Å². The summed E-state index contributed by atoms with van der Waals surface area (Å²) in [5.41, 5.74) is 0.100. The van der Waals surface area contributed by atoms with Crippen LogP contribution in [0.1, 0.15) is 38.5 Å². The summed E-state index contributed by atoms with van der Waals surface area (Å²) in [7, 11) is 0. The molecule has 5 aliphatic heterocycles. The van der Waals surface area contributed by atoms with Crippen LogP contribution in [0.2, 0.25) is 0 Å². The highest BCUT2D eigenvalue weighted by Gasteiger charge is 2.60. The third-order valence-corrected chi connectivity index (χ3v) is 10.9. The number of nitrogens with one attached hydrogen (secondary N) is 3. The number of nitrogens with zero attached hydrogens (tertiary/aromatic N) is 4. The third-order valence-electron chi connectivity index (χ3n) is 10.9. The Hall–Kier alpha value is -2.45. The normalized spacial score (nSPS) is 38.8. The summed E-state index contributed by atoms with van der Waals surface area (Å²) in [5.74, 6) is -1.76. The molecule has 2 amide bonds. The number of Topliss-reactive ketones (excluding diaryl/α,β-unsaturated/α-hetero) is 1. The van der Waals surface area contributed by atoms with Crippen LogP contribution in [-0.2, 0) is 23.9 Å². The van der Waals surface area contributed by atoms with E-state index in [9.17, 15) is 14.4 Å². The lowest BCUT2D eigenvalue weighted by Crippen LogP contribution is -2.74. The highest BCUT2D eigenvalue weighted by atomic mass is 19.1. The maximum Gasteiger partial charge on any atom is 0.256 e. The van der Waals surface area contributed by atoms with Gasteiger partial charge in [-0.25, -0.2) is 4.39 Å². The number of aliphatic imine (C=N–C) groups is 1. The quantitative estimate of drug-likeness (QED) is 0.231. The number of halogens is 1. The van der Waals surface area contributed by atoms with Crippen molar-refractivity contribution < 1.29 is 28.2 Å². The molecule has 13 heteroatoms. The molecule has 7 rings (SSSR count). The standard InChI is InChI=1S/C31H46FN7O5/c32-22-14-20-27-29(26(22)33-4-3-8-38-10-12-43-13-11-38)44-25-15-19-23(35-18-36-30(19)41)16-24(25)39(27)17-21(28(20)40)31(42)34-5-9-37-6-1-2-7-37/h17-20,22-27,29,33H,1-16H2,(H,34,42)(H,35,36,41). The molecule has 242 valence electrons. The van der Waals surface area contributed by atoms with Gasteiger partial charge < -0.3 is 35.2 Å². The van der Waals surface area contributed by atoms with Gasteiger partial charge in [-0.3, -0.25) is 24.3 Å². The molecule has 0 bridgehead atoms. The monoisotopic (exact) mass is 615 g/mol. The predicted octanol–water partition coefficient (Wildman–Crippen LogP) is -0.553. The number of hydrogen-bond donors (Lipinski definition) is 3. The maximum absolute atomic E-state index is 16.1. The van der Waals surface area contributed by atoms with Gasteiger partial charge in [-0.1, -0.05) is 0 Å². The SMILES string of the molecule is O=C(NCCN1CCCC1)C1=CN2C3CC4N=CNC(=O)C4CC3OC3C(NCCCN4CCOCC4)C(F)CC(C1=O)C32. The fraction of sp³-hybridized carbons (Fsp3) is 0.806. The Kier molecular flexibility index (Phi) is 9.01.